The number of carbonyl (C=O) groups is 1. The Balaban J connectivity index is 2.52. The molecule has 0 saturated carbocycles. The Morgan fingerprint density at radius 3 is 2.86 bits per heavy atom. The molecule has 14 heavy (non-hydrogen) atoms. The average Bonchev–Trinajstić information content (AvgIpc) is 2.18. The van der Waals surface area contributed by atoms with Crippen LogP contribution in [0.1, 0.15) is 10.4 Å². The molecule has 0 aliphatic rings. The molecular weight excluding hydrogens is 244 g/mol. The van der Waals surface area contributed by atoms with Crippen molar-refractivity contribution in [3.05, 3.63) is 34.3 Å². The Bertz CT molecular complexity index is 315. The van der Waals surface area contributed by atoms with Crippen LogP contribution in [-0.4, -0.2) is 26.0 Å². The highest BCUT2D eigenvalue weighted by Crippen LogP contribution is 2.11. The molecule has 2 N–H and O–H groups in total. The molecule has 0 spiro atoms. The van der Waals surface area contributed by atoms with E-state index in [9.17, 15) is 4.79 Å². The highest BCUT2D eigenvalue weighted by Gasteiger charge is 2.03. The second-order valence-electron chi connectivity index (χ2n) is 2.87. The fraction of sp³-hybridized carbons (Fsp3) is 0.300. The van der Waals surface area contributed by atoms with Crippen molar-refractivity contribution >= 4 is 21.8 Å². The van der Waals surface area contributed by atoms with Gasteiger partial charge in [0.15, 0.2) is 0 Å². The standard InChI is InChI=1S/C10H13BrN2O/c1-12-5-6-13-10(14)8-3-2-4-9(11)7-8/h2-4,7,12H,5-6H2,1H3,(H,13,14). The number of halogens is 1. The molecule has 76 valence electrons. The quantitative estimate of drug-likeness (QED) is 0.800. The van der Waals surface area contributed by atoms with Crippen molar-refractivity contribution in [1.82, 2.24) is 10.6 Å². The van der Waals surface area contributed by atoms with Gasteiger partial charge in [-0.15, -0.1) is 0 Å². The summed E-state index contributed by atoms with van der Waals surface area (Å²) in [6, 6.07) is 7.33. The summed E-state index contributed by atoms with van der Waals surface area (Å²) in [6.45, 7) is 1.42. The summed E-state index contributed by atoms with van der Waals surface area (Å²) in [5, 5.41) is 5.77. The highest BCUT2D eigenvalue weighted by atomic mass is 79.9. The zero-order valence-corrected chi connectivity index (χ0v) is 9.60. The summed E-state index contributed by atoms with van der Waals surface area (Å²) in [5.74, 6) is -0.0402. The van der Waals surface area contributed by atoms with E-state index in [-0.39, 0.29) is 5.91 Å². The van der Waals surface area contributed by atoms with E-state index in [1.165, 1.54) is 0 Å². The molecule has 1 aromatic rings. The van der Waals surface area contributed by atoms with Crippen LogP contribution in [0.3, 0.4) is 0 Å². The van der Waals surface area contributed by atoms with Gasteiger partial charge in [-0.2, -0.15) is 0 Å². The molecule has 0 aromatic heterocycles. The molecular formula is C10H13BrN2O. The molecule has 0 aliphatic carbocycles. The molecule has 1 amide bonds. The van der Waals surface area contributed by atoms with Crippen LogP contribution in [0, 0.1) is 0 Å². The maximum absolute atomic E-state index is 11.5. The lowest BCUT2D eigenvalue weighted by molar-refractivity contribution is 0.0954. The summed E-state index contributed by atoms with van der Waals surface area (Å²) in [6.07, 6.45) is 0. The Kier molecular flexibility index (Phi) is 4.62. The fourth-order valence-corrected chi connectivity index (χ4v) is 1.43. The first kappa shape index (κ1) is 11.2. The molecule has 0 atom stereocenters. The zero-order valence-electron chi connectivity index (χ0n) is 8.01. The van der Waals surface area contributed by atoms with Crippen LogP contribution in [0.15, 0.2) is 28.7 Å². The van der Waals surface area contributed by atoms with Gasteiger partial charge in [0, 0.05) is 23.1 Å². The first-order valence-corrected chi connectivity index (χ1v) is 5.21. The van der Waals surface area contributed by atoms with Gasteiger partial charge in [-0.3, -0.25) is 4.79 Å². The number of nitrogens with one attached hydrogen (secondary N) is 2. The normalized spacial score (nSPS) is 9.86. The number of amides is 1. The van der Waals surface area contributed by atoms with Gasteiger partial charge in [0.1, 0.15) is 0 Å². The second-order valence-corrected chi connectivity index (χ2v) is 3.79. The monoisotopic (exact) mass is 256 g/mol. The molecule has 4 heteroatoms. The van der Waals surface area contributed by atoms with Gasteiger partial charge < -0.3 is 10.6 Å². The maximum atomic E-state index is 11.5. The first-order chi connectivity index (χ1) is 6.74. The minimum atomic E-state index is -0.0402. The van der Waals surface area contributed by atoms with Gasteiger partial charge >= 0.3 is 0 Å². The maximum Gasteiger partial charge on any atom is 0.251 e. The smallest absolute Gasteiger partial charge is 0.251 e. The van der Waals surface area contributed by atoms with Crippen molar-refractivity contribution in [2.45, 2.75) is 0 Å². The van der Waals surface area contributed by atoms with Crippen LogP contribution < -0.4 is 10.6 Å². The largest absolute Gasteiger partial charge is 0.351 e. The molecule has 1 rings (SSSR count). The van der Waals surface area contributed by atoms with Gasteiger partial charge in [-0.1, -0.05) is 22.0 Å². The van der Waals surface area contributed by atoms with Crippen molar-refractivity contribution in [3.8, 4) is 0 Å². The van der Waals surface area contributed by atoms with E-state index in [2.05, 4.69) is 26.6 Å². The van der Waals surface area contributed by atoms with E-state index < -0.39 is 0 Å². The Labute approximate surface area is 92.0 Å². The average molecular weight is 257 g/mol. The van der Waals surface area contributed by atoms with Crippen molar-refractivity contribution in [2.24, 2.45) is 0 Å². The van der Waals surface area contributed by atoms with E-state index in [0.29, 0.717) is 12.1 Å². The summed E-state index contributed by atoms with van der Waals surface area (Å²) in [7, 11) is 1.85. The molecule has 3 nitrogen and oxygen atoms in total. The number of benzene rings is 1. The minimum absolute atomic E-state index is 0.0402. The van der Waals surface area contributed by atoms with E-state index >= 15 is 0 Å². The Morgan fingerprint density at radius 1 is 1.43 bits per heavy atom. The molecule has 0 saturated heterocycles. The molecule has 0 aliphatic heterocycles. The van der Waals surface area contributed by atoms with Gasteiger partial charge in [0.05, 0.1) is 0 Å². The van der Waals surface area contributed by atoms with Crippen molar-refractivity contribution in [1.29, 1.82) is 0 Å². The lowest BCUT2D eigenvalue weighted by Gasteiger charge is -2.04. The van der Waals surface area contributed by atoms with Crippen LogP contribution in [0.25, 0.3) is 0 Å². The zero-order chi connectivity index (χ0) is 10.4. The van der Waals surface area contributed by atoms with Crippen LogP contribution in [0.4, 0.5) is 0 Å². The van der Waals surface area contributed by atoms with E-state index in [1.807, 2.05) is 19.2 Å². The van der Waals surface area contributed by atoms with Gasteiger partial charge in [0.2, 0.25) is 0 Å². The number of rotatable bonds is 4. The van der Waals surface area contributed by atoms with E-state index in [0.717, 1.165) is 11.0 Å². The SMILES string of the molecule is CNCCNC(=O)c1cccc(Br)c1. The lowest BCUT2D eigenvalue weighted by atomic mass is 10.2. The molecule has 0 bridgehead atoms. The van der Waals surface area contributed by atoms with E-state index in [4.69, 9.17) is 0 Å². The second kappa shape index (κ2) is 5.78. The van der Waals surface area contributed by atoms with Crippen LogP contribution in [-0.2, 0) is 0 Å². The number of likely N-dealkylation sites (N-methyl/N-ethyl adjacent to an activating group) is 1. The van der Waals surface area contributed by atoms with Crippen LogP contribution in [0.5, 0.6) is 0 Å². The van der Waals surface area contributed by atoms with E-state index in [1.54, 1.807) is 12.1 Å². The summed E-state index contributed by atoms with van der Waals surface area (Å²) >= 11 is 3.32. The number of carbonyl (C=O) groups excluding carboxylic acids is 1. The summed E-state index contributed by atoms with van der Waals surface area (Å²) in [4.78, 5) is 11.5. The summed E-state index contributed by atoms with van der Waals surface area (Å²) < 4.78 is 0.916. The predicted octanol–water partition coefficient (Wildman–Crippen LogP) is 1.40. The fourth-order valence-electron chi connectivity index (χ4n) is 1.03. The Morgan fingerprint density at radius 2 is 2.21 bits per heavy atom. The molecule has 0 fully saturated rings. The third kappa shape index (κ3) is 3.47. The summed E-state index contributed by atoms with van der Waals surface area (Å²) in [5.41, 5.74) is 0.676. The predicted molar refractivity (Wildman–Crippen MR) is 60.4 cm³/mol. The minimum Gasteiger partial charge on any atom is -0.351 e. The first-order valence-electron chi connectivity index (χ1n) is 4.42. The van der Waals surface area contributed by atoms with Gasteiger partial charge in [-0.05, 0) is 25.2 Å². The van der Waals surface area contributed by atoms with Gasteiger partial charge in [0.25, 0.3) is 5.91 Å². The van der Waals surface area contributed by atoms with Crippen LogP contribution >= 0.6 is 15.9 Å². The molecule has 1 aromatic carbocycles. The lowest BCUT2D eigenvalue weighted by Crippen LogP contribution is -2.30. The molecule has 0 radical (unpaired) electrons. The van der Waals surface area contributed by atoms with Crippen molar-refractivity contribution in [3.63, 3.8) is 0 Å². The molecule has 0 heterocycles. The Hall–Kier alpha value is -0.870. The van der Waals surface area contributed by atoms with Crippen molar-refractivity contribution < 1.29 is 4.79 Å². The number of hydrogen-bond donors (Lipinski definition) is 2. The van der Waals surface area contributed by atoms with Crippen molar-refractivity contribution in [2.75, 3.05) is 20.1 Å². The third-order valence-electron chi connectivity index (χ3n) is 1.75. The molecule has 0 unspecified atom stereocenters. The van der Waals surface area contributed by atoms with Crippen LogP contribution in [0.2, 0.25) is 0 Å². The highest BCUT2D eigenvalue weighted by molar-refractivity contribution is 9.10. The topological polar surface area (TPSA) is 41.1 Å². The van der Waals surface area contributed by atoms with Gasteiger partial charge in [-0.25, -0.2) is 0 Å². The number of hydrogen-bond acceptors (Lipinski definition) is 2. The third-order valence-corrected chi connectivity index (χ3v) is 2.24.